The molecule has 0 saturated heterocycles. The lowest BCUT2D eigenvalue weighted by Gasteiger charge is -2.12. The van der Waals surface area contributed by atoms with Crippen LogP contribution in [0.3, 0.4) is 0 Å². The topological polar surface area (TPSA) is 93.5 Å². The molecule has 132 valence electrons. The quantitative estimate of drug-likeness (QED) is 0.715. The van der Waals surface area contributed by atoms with Crippen molar-refractivity contribution in [2.24, 2.45) is 7.05 Å². The van der Waals surface area contributed by atoms with E-state index in [1.165, 1.54) is 25.7 Å². The highest BCUT2D eigenvalue weighted by Gasteiger charge is 2.22. The number of methoxy groups -OCH3 is 1. The lowest BCUT2D eigenvalue weighted by atomic mass is 10.1. The van der Waals surface area contributed by atoms with Crippen LogP contribution in [0, 0.1) is 0 Å². The van der Waals surface area contributed by atoms with Crippen LogP contribution in [-0.4, -0.2) is 37.1 Å². The molecule has 0 atom stereocenters. The molecular weight excluding hydrogens is 318 g/mol. The highest BCUT2D eigenvalue weighted by atomic mass is 16.5. The fourth-order valence-corrected chi connectivity index (χ4v) is 3.44. The van der Waals surface area contributed by atoms with Crippen molar-refractivity contribution < 1.29 is 4.74 Å². The second kappa shape index (κ2) is 6.79. The summed E-state index contributed by atoms with van der Waals surface area (Å²) in [5.41, 5.74) is 2.76. The van der Waals surface area contributed by atoms with E-state index in [1.807, 2.05) is 24.0 Å². The number of ether oxygens (including phenoxy) is 1. The Bertz CT molecular complexity index is 863. The number of fused-ring (bicyclic) bond motifs is 1. The third-order valence-corrected chi connectivity index (χ3v) is 4.75. The molecule has 8 nitrogen and oxygen atoms in total. The van der Waals surface area contributed by atoms with Gasteiger partial charge in [0.15, 0.2) is 5.65 Å². The molecule has 1 aliphatic rings. The fraction of sp³-hybridized carbons (Fsp3) is 0.529. The van der Waals surface area contributed by atoms with Crippen LogP contribution >= 0.6 is 0 Å². The van der Waals surface area contributed by atoms with Crippen LogP contribution < -0.4 is 5.32 Å². The van der Waals surface area contributed by atoms with Crippen LogP contribution in [0.5, 0.6) is 0 Å². The first-order chi connectivity index (χ1) is 12.2. The highest BCUT2D eigenvalue weighted by molar-refractivity contribution is 5.86. The lowest BCUT2D eigenvalue weighted by Crippen LogP contribution is -2.08. The van der Waals surface area contributed by atoms with Gasteiger partial charge in [-0.05, 0) is 18.9 Å². The number of aromatic amines is 1. The molecule has 0 spiro atoms. The summed E-state index contributed by atoms with van der Waals surface area (Å²) in [6.45, 7) is 1.12. The minimum Gasteiger partial charge on any atom is -0.378 e. The molecule has 0 radical (unpaired) electrons. The molecule has 1 fully saturated rings. The Balaban J connectivity index is 1.60. The smallest absolute Gasteiger partial charge is 0.163 e. The maximum absolute atomic E-state index is 5.10. The van der Waals surface area contributed by atoms with Gasteiger partial charge < -0.3 is 10.1 Å². The van der Waals surface area contributed by atoms with E-state index >= 15 is 0 Å². The Hall–Kier alpha value is -2.48. The summed E-state index contributed by atoms with van der Waals surface area (Å²) >= 11 is 0. The number of aromatic nitrogens is 6. The number of hydrogen-bond donors (Lipinski definition) is 2. The van der Waals surface area contributed by atoms with E-state index in [0.717, 1.165) is 34.1 Å². The monoisotopic (exact) mass is 341 g/mol. The minimum absolute atomic E-state index is 0.459. The molecule has 4 rings (SSSR count). The standard InChI is InChI=1S/C17H23N7O/c1-24-17-14(9-19-24)16(20-15(21-17)11-5-3-4-6-11)18-8-12-7-13(10-25-2)23-22-12/h7,9,11H,3-6,8,10H2,1-2H3,(H,22,23)(H,18,20,21). The van der Waals surface area contributed by atoms with Crippen molar-refractivity contribution in [2.45, 2.75) is 44.8 Å². The van der Waals surface area contributed by atoms with Gasteiger partial charge in [0.1, 0.15) is 11.6 Å². The van der Waals surface area contributed by atoms with Gasteiger partial charge >= 0.3 is 0 Å². The van der Waals surface area contributed by atoms with Gasteiger partial charge in [0.2, 0.25) is 0 Å². The molecule has 3 aromatic rings. The third kappa shape index (κ3) is 3.21. The number of aryl methyl sites for hydroxylation is 1. The summed E-state index contributed by atoms with van der Waals surface area (Å²) in [6.07, 6.45) is 6.68. The first kappa shape index (κ1) is 16.0. The summed E-state index contributed by atoms with van der Waals surface area (Å²) in [5.74, 6) is 2.23. The first-order valence-corrected chi connectivity index (χ1v) is 8.70. The largest absolute Gasteiger partial charge is 0.378 e. The van der Waals surface area contributed by atoms with E-state index < -0.39 is 0 Å². The zero-order valence-corrected chi connectivity index (χ0v) is 14.6. The van der Waals surface area contributed by atoms with E-state index in [9.17, 15) is 0 Å². The molecule has 8 heteroatoms. The van der Waals surface area contributed by atoms with Crippen LogP contribution in [0.2, 0.25) is 0 Å². The van der Waals surface area contributed by atoms with Gasteiger partial charge in [0.25, 0.3) is 0 Å². The fourth-order valence-electron chi connectivity index (χ4n) is 3.44. The molecule has 3 heterocycles. The zero-order valence-electron chi connectivity index (χ0n) is 14.6. The van der Waals surface area contributed by atoms with Crippen molar-refractivity contribution in [1.29, 1.82) is 0 Å². The lowest BCUT2D eigenvalue weighted by molar-refractivity contribution is 0.181. The first-order valence-electron chi connectivity index (χ1n) is 8.70. The molecule has 0 aromatic carbocycles. The van der Waals surface area contributed by atoms with Gasteiger partial charge in [-0.25, -0.2) is 9.97 Å². The van der Waals surface area contributed by atoms with E-state index in [4.69, 9.17) is 14.7 Å². The summed E-state index contributed by atoms with van der Waals surface area (Å²) in [6, 6.07) is 2.00. The number of H-pyrrole nitrogens is 1. The van der Waals surface area contributed by atoms with Crippen molar-refractivity contribution in [3.05, 3.63) is 29.5 Å². The molecule has 25 heavy (non-hydrogen) atoms. The van der Waals surface area contributed by atoms with Gasteiger partial charge in [0, 0.05) is 20.1 Å². The van der Waals surface area contributed by atoms with Crippen molar-refractivity contribution in [3.8, 4) is 0 Å². The predicted octanol–water partition coefficient (Wildman–Crippen LogP) is 2.50. The normalized spacial score (nSPS) is 15.3. The number of hydrogen-bond acceptors (Lipinski definition) is 6. The van der Waals surface area contributed by atoms with E-state index in [1.54, 1.807) is 7.11 Å². The Morgan fingerprint density at radius 1 is 1.32 bits per heavy atom. The molecular formula is C17H23N7O. The van der Waals surface area contributed by atoms with Crippen molar-refractivity contribution in [2.75, 3.05) is 12.4 Å². The van der Waals surface area contributed by atoms with Crippen molar-refractivity contribution in [3.63, 3.8) is 0 Å². The van der Waals surface area contributed by atoms with Gasteiger partial charge in [-0.1, -0.05) is 12.8 Å². The predicted molar refractivity (Wildman–Crippen MR) is 94.1 cm³/mol. The van der Waals surface area contributed by atoms with E-state index in [0.29, 0.717) is 19.1 Å². The summed E-state index contributed by atoms with van der Waals surface area (Å²) in [4.78, 5) is 9.59. The number of nitrogens with one attached hydrogen (secondary N) is 2. The summed E-state index contributed by atoms with van der Waals surface area (Å²) in [7, 11) is 3.58. The molecule has 0 unspecified atom stereocenters. The van der Waals surface area contributed by atoms with Crippen molar-refractivity contribution in [1.82, 2.24) is 29.9 Å². The maximum atomic E-state index is 5.10. The van der Waals surface area contributed by atoms with Gasteiger partial charge in [-0.15, -0.1) is 0 Å². The maximum Gasteiger partial charge on any atom is 0.163 e. The molecule has 0 aliphatic heterocycles. The second-order valence-electron chi connectivity index (χ2n) is 6.59. The summed E-state index contributed by atoms with van der Waals surface area (Å²) < 4.78 is 6.92. The molecule has 0 bridgehead atoms. The zero-order chi connectivity index (χ0) is 17.2. The average Bonchev–Trinajstić information content (AvgIpc) is 3.35. The third-order valence-electron chi connectivity index (χ3n) is 4.75. The Labute approximate surface area is 146 Å². The van der Waals surface area contributed by atoms with Crippen LogP contribution in [-0.2, 0) is 24.9 Å². The van der Waals surface area contributed by atoms with Gasteiger partial charge in [0.05, 0.1) is 36.1 Å². The number of nitrogens with zero attached hydrogens (tertiary/aromatic N) is 5. The molecule has 1 saturated carbocycles. The van der Waals surface area contributed by atoms with Crippen LogP contribution in [0.15, 0.2) is 12.3 Å². The SMILES string of the molecule is COCc1cc(CNc2nc(C3CCCC3)nc3c2cnn3C)[nH]n1. The Morgan fingerprint density at radius 3 is 2.96 bits per heavy atom. The van der Waals surface area contributed by atoms with Crippen LogP contribution in [0.4, 0.5) is 5.82 Å². The number of anilines is 1. The average molecular weight is 341 g/mol. The number of rotatable bonds is 6. The molecule has 3 aromatic heterocycles. The van der Waals surface area contributed by atoms with E-state index in [2.05, 4.69) is 20.6 Å². The van der Waals surface area contributed by atoms with Crippen molar-refractivity contribution >= 4 is 16.9 Å². The minimum atomic E-state index is 0.459. The highest BCUT2D eigenvalue weighted by Crippen LogP contribution is 2.34. The van der Waals surface area contributed by atoms with Gasteiger partial charge in [-0.3, -0.25) is 9.78 Å². The summed E-state index contributed by atoms with van der Waals surface area (Å²) in [5, 5.41) is 16.0. The molecule has 0 amide bonds. The second-order valence-corrected chi connectivity index (χ2v) is 6.59. The van der Waals surface area contributed by atoms with Gasteiger partial charge in [-0.2, -0.15) is 10.2 Å². The van der Waals surface area contributed by atoms with Crippen LogP contribution in [0.1, 0.15) is 48.8 Å². The molecule has 2 N–H and O–H groups in total. The van der Waals surface area contributed by atoms with E-state index in [-0.39, 0.29) is 0 Å². The Morgan fingerprint density at radius 2 is 2.16 bits per heavy atom. The van der Waals surface area contributed by atoms with Crippen LogP contribution in [0.25, 0.3) is 11.0 Å². The molecule has 1 aliphatic carbocycles. The Kier molecular flexibility index (Phi) is 4.35.